The van der Waals surface area contributed by atoms with E-state index in [-0.39, 0.29) is 6.04 Å². The first-order valence-corrected chi connectivity index (χ1v) is 8.12. The highest BCUT2D eigenvalue weighted by molar-refractivity contribution is 7.98. The van der Waals surface area contributed by atoms with Gasteiger partial charge in [-0.1, -0.05) is 20.3 Å². The summed E-state index contributed by atoms with van der Waals surface area (Å²) in [5, 5.41) is 0. The highest BCUT2D eigenvalue weighted by atomic mass is 32.2. The molecule has 2 N–H and O–H groups in total. The minimum atomic E-state index is 0.260. The minimum absolute atomic E-state index is 0.260. The summed E-state index contributed by atoms with van der Waals surface area (Å²) in [4.78, 5) is 3.00. The molecule has 0 radical (unpaired) electrons. The van der Waals surface area contributed by atoms with Crippen molar-refractivity contribution in [2.75, 3.05) is 5.75 Å². The first-order valence-electron chi connectivity index (χ1n) is 6.15. The van der Waals surface area contributed by atoms with E-state index < -0.39 is 0 Å². The monoisotopic (exact) mass is 255 g/mol. The van der Waals surface area contributed by atoms with E-state index in [1.807, 2.05) is 23.1 Å². The summed E-state index contributed by atoms with van der Waals surface area (Å²) in [5.41, 5.74) is 7.84. The zero-order valence-electron chi connectivity index (χ0n) is 10.2. The fourth-order valence-corrected chi connectivity index (χ4v) is 4.46. The maximum Gasteiger partial charge on any atom is 0.0392 e. The molecule has 0 amide bonds. The molecule has 0 aliphatic carbocycles. The lowest BCUT2D eigenvalue weighted by Crippen LogP contribution is -2.12. The molecule has 0 saturated carbocycles. The van der Waals surface area contributed by atoms with Crippen LogP contribution in [0, 0.1) is 5.92 Å². The normalized spacial score (nSPS) is 19.2. The lowest BCUT2D eigenvalue weighted by atomic mass is 9.99. The zero-order chi connectivity index (χ0) is 11.5. The van der Waals surface area contributed by atoms with Gasteiger partial charge < -0.3 is 5.73 Å². The Bertz CT molecular complexity index is 322. The molecule has 0 aromatic carbocycles. The zero-order valence-corrected chi connectivity index (χ0v) is 11.8. The van der Waals surface area contributed by atoms with E-state index in [9.17, 15) is 0 Å². The number of nitrogens with two attached hydrogens (primary N) is 1. The van der Waals surface area contributed by atoms with E-state index in [1.54, 1.807) is 10.4 Å². The van der Waals surface area contributed by atoms with Gasteiger partial charge in [0, 0.05) is 21.5 Å². The second kappa shape index (κ2) is 5.56. The molecule has 0 bridgehead atoms. The van der Waals surface area contributed by atoms with Crippen molar-refractivity contribution in [1.82, 2.24) is 0 Å². The molecule has 2 rings (SSSR count). The van der Waals surface area contributed by atoms with Crippen molar-refractivity contribution in [3.05, 3.63) is 21.4 Å². The summed E-state index contributed by atoms with van der Waals surface area (Å²) in [6.07, 6.45) is 3.61. The Kier molecular flexibility index (Phi) is 4.34. The van der Waals surface area contributed by atoms with Gasteiger partial charge >= 0.3 is 0 Å². The number of aryl methyl sites for hydroxylation is 1. The highest BCUT2D eigenvalue weighted by Gasteiger charge is 2.18. The topological polar surface area (TPSA) is 26.0 Å². The van der Waals surface area contributed by atoms with Crippen LogP contribution in [-0.4, -0.2) is 5.75 Å². The SMILES string of the molecule is CCC(C)CC(N)c1cc2c(s1)CCSC2. The molecule has 2 unspecified atom stereocenters. The standard InChI is InChI=1S/C13H21NS2/c1-3-9(2)6-11(14)13-7-10-8-15-5-4-12(10)16-13/h7,9,11H,3-6,8,14H2,1-2H3. The molecule has 0 spiro atoms. The molecule has 1 nitrogen and oxygen atoms in total. The molecule has 0 fully saturated rings. The summed E-state index contributed by atoms with van der Waals surface area (Å²) >= 11 is 4.00. The Morgan fingerprint density at radius 1 is 1.50 bits per heavy atom. The van der Waals surface area contributed by atoms with Crippen molar-refractivity contribution >= 4 is 23.1 Å². The van der Waals surface area contributed by atoms with Crippen molar-refractivity contribution < 1.29 is 0 Å². The van der Waals surface area contributed by atoms with Crippen molar-refractivity contribution in [3.63, 3.8) is 0 Å². The van der Waals surface area contributed by atoms with Gasteiger partial charge in [-0.3, -0.25) is 0 Å². The summed E-state index contributed by atoms with van der Waals surface area (Å²) in [7, 11) is 0. The van der Waals surface area contributed by atoms with Crippen molar-refractivity contribution in [2.24, 2.45) is 11.7 Å². The minimum Gasteiger partial charge on any atom is -0.323 e. The van der Waals surface area contributed by atoms with Gasteiger partial charge in [0.2, 0.25) is 0 Å². The summed E-state index contributed by atoms with van der Waals surface area (Å²) in [6.45, 7) is 4.54. The van der Waals surface area contributed by atoms with Crippen molar-refractivity contribution in [3.8, 4) is 0 Å². The van der Waals surface area contributed by atoms with Gasteiger partial charge in [-0.25, -0.2) is 0 Å². The second-order valence-corrected chi connectivity index (χ2v) is 7.03. The van der Waals surface area contributed by atoms with Crippen LogP contribution in [0.15, 0.2) is 6.07 Å². The second-order valence-electron chi connectivity index (χ2n) is 4.76. The molecule has 0 saturated heterocycles. The Hall–Kier alpha value is 0.01000. The molecule has 1 aromatic rings. The fraction of sp³-hybridized carbons (Fsp3) is 0.692. The number of hydrogen-bond donors (Lipinski definition) is 1. The molecule has 90 valence electrons. The molecule has 1 aliphatic rings. The van der Waals surface area contributed by atoms with Crippen molar-refractivity contribution in [1.29, 1.82) is 0 Å². The Morgan fingerprint density at radius 3 is 3.00 bits per heavy atom. The lowest BCUT2D eigenvalue weighted by molar-refractivity contribution is 0.465. The van der Waals surface area contributed by atoms with Crippen LogP contribution in [0.5, 0.6) is 0 Å². The van der Waals surface area contributed by atoms with Gasteiger partial charge in [-0.05, 0) is 36.1 Å². The first-order chi connectivity index (χ1) is 7.70. The maximum absolute atomic E-state index is 6.29. The van der Waals surface area contributed by atoms with Gasteiger partial charge in [0.05, 0.1) is 0 Å². The van der Waals surface area contributed by atoms with Crippen LogP contribution in [0.1, 0.15) is 48.0 Å². The maximum atomic E-state index is 6.29. The fourth-order valence-electron chi connectivity index (χ4n) is 2.07. The Balaban J connectivity index is 2.05. The van der Waals surface area contributed by atoms with Gasteiger partial charge in [-0.15, -0.1) is 11.3 Å². The third-order valence-electron chi connectivity index (χ3n) is 3.37. The number of fused-ring (bicyclic) bond motifs is 1. The predicted octanol–water partition coefficient (Wildman–Crippen LogP) is 3.97. The molecule has 2 atom stereocenters. The number of rotatable bonds is 4. The van der Waals surface area contributed by atoms with Gasteiger partial charge in [-0.2, -0.15) is 11.8 Å². The Morgan fingerprint density at radius 2 is 2.31 bits per heavy atom. The van der Waals surface area contributed by atoms with Crippen molar-refractivity contribution in [2.45, 2.75) is 44.9 Å². The van der Waals surface area contributed by atoms with E-state index >= 15 is 0 Å². The van der Waals surface area contributed by atoms with Crippen LogP contribution in [-0.2, 0) is 12.2 Å². The van der Waals surface area contributed by atoms with E-state index in [1.165, 1.54) is 29.2 Å². The van der Waals surface area contributed by atoms with E-state index in [0.717, 1.165) is 12.3 Å². The quantitative estimate of drug-likeness (QED) is 0.881. The molecule has 1 aliphatic heterocycles. The summed E-state index contributed by atoms with van der Waals surface area (Å²) in [6, 6.07) is 2.62. The molecule has 2 heterocycles. The van der Waals surface area contributed by atoms with Gasteiger partial charge in [0.15, 0.2) is 0 Å². The summed E-state index contributed by atoms with van der Waals surface area (Å²) < 4.78 is 0. The third kappa shape index (κ3) is 2.82. The lowest BCUT2D eigenvalue weighted by Gasteiger charge is -2.14. The smallest absolute Gasteiger partial charge is 0.0392 e. The van der Waals surface area contributed by atoms with Gasteiger partial charge in [0.1, 0.15) is 0 Å². The van der Waals surface area contributed by atoms with E-state index in [2.05, 4.69) is 19.9 Å². The van der Waals surface area contributed by atoms with Gasteiger partial charge in [0.25, 0.3) is 0 Å². The molecule has 3 heteroatoms. The number of thiophene rings is 1. The average molecular weight is 255 g/mol. The van der Waals surface area contributed by atoms with Crippen LogP contribution in [0.2, 0.25) is 0 Å². The van der Waals surface area contributed by atoms with Crippen LogP contribution >= 0.6 is 23.1 Å². The molecule has 1 aromatic heterocycles. The van der Waals surface area contributed by atoms with E-state index in [0.29, 0.717) is 0 Å². The highest BCUT2D eigenvalue weighted by Crippen LogP contribution is 2.35. The van der Waals surface area contributed by atoms with Crippen LogP contribution in [0.25, 0.3) is 0 Å². The first kappa shape index (κ1) is 12.5. The molecular weight excluding hydrogens is 234 g/mol. The average Bonchev–Trinajstić information content (AvgIpc) is 2.72. The molecular formula is C13H21NS2. The predicted molar refractivity (Wildman–Crippen MR) is 75.2 cm³/mol. The molecule has 16 heavy (non-hydrogen) atoms. The largest absolute Gasteiger partial charge is 0.323 e. The number of hydrogen-bond acceptors (Lipinski definition) is 3. The number of thioether (sulfide) groups is 1. The third-order valence-corrected chi connectivity index (χ3v) is 5.74. The van der Waals surface area contributed by atoms with Crippen LogP contribution < -0.4 is 5.73 Å². The van der Waals surface area contributed by atoms with Crippen LogP contribution in [0.3, 0.4) is 0 Å². The summed E-state index contributed by atoms with van der Waals surface area (Å²) in [5.74, 6) is 3.22. The Labute approximate surface area is 107 Å². The van der Waals surface area contributed by atoms with Crippen LogP contribution in [0.4, 0.5) is 0 Å². The van der Waals surface area contributed by atoms with E-state index in [4.69, 9.17) is 5.73 Å².